The maximum Gasteiger partial charge on any atom is 0.326 e. The second-order valence-electron chi connectivity index (χ2n) is 9.11. The predicted octanol–water partition coefficient (Wildman–Crippen LogP) is -0.477. The van der Waals surface area contributed by atoms with Crippen molar-refractivity contribution in [1.82, 2.24) is 15.5 Å². The molecule has 11 heteroatoms. The van der Waals surface area contributed by atoms with Crippen molar-refractivity contribution >= 4 is 29.6 Å². The molecule has 0 bridgehead atoms. The molecule has 2 rings (SSSR count). The molecule has 1 saturated heterocycles. The van der Waals surface area contributed by atoms with Gasteiger partial charge in [-0.15, -0.1) is 0 Å². The molecule has 1 aliphatic rings. The number of carboxylic acid groups (broad SMARTS) is 1. The molecular weight excluding hydrogens is 454 g/mol. The third kappa shape index (κ3) is 8.06. The maximum atomic E-state index is 13.3. The molecule has 35 heavy (non-hydrogen) atoms. The third-order valence-electron chi connectivity index (χ3n) is 6.05. The van der Waals surface area contributed by atoms with E-state index in [-0.39, 0.29) is 31.7 Å². The Hall–Kier alpha value is -3.47. The normalized spacial score (nSPS) is 17.9. The lowest BCUT2D eigenvalue weighted by Crippen LogP contribution is -2.58. The van der Waals surface area contributed by atoms with Gasteiger partial charge in [0.25, 0.3) is 0 Å². The Labute approximate surface area is 204 Å². The van der Waals surface area contributed by atoms with Crippen LogP contribution < -0.4 is 22.1 Å². The fourth-order valence-electron chi connectivity index (χ4n) is 3.93. The average Bonchev–Trinajstić information content (AvgIpc) is 3.31. The van der Waals surface area contributed by atoms with Crippen LogP contribution in [0.5, 0.6) is 0 Å². The van der Waals surface area contributed by atoms with Crippen molar-refractivity contribution in [2.24, 2.45) is 17.4 Å². The van der Waals surface area contributed by atoms with E-state index in [0.29, 0.717) is 12.8 Å². The summed E-state index contributed by atoms with van der Waals surface area (Å²) in [4.78, 5) is 63.3. The zero-order chi connectivity index (χ0) is 26.1. The summed E-state index contributed by atoms with van der Waals surface area (Å²) in [7, 11) is 0. The summed E-state index contributed by atoms with van der Waals surface area (Å²) >= 11 is 0. The Bertz CT molecular complexity index is 922. The third-order valence-corrected chi connectivity index (χ3v) is 6.05. The summed E-state index contributed by atoms with van der Waals surface area (Å²) in [6.07, 6.45) is 0.675. The zero-order valence-corrected chi connectivity index (χ0v) is 20.1. The predicted molar refractivity (Wildman–Crippen MR) is 128 cm³/mol. The van der Waals surface area contributed by atoms with E-state index in [0.717, 1.165) is 5.56 Å². The van der Waals surface area contributed by atoms with Crippen LogP contribution in [-0.4, -0.2) is 70.3 Å². The number of rotatable bonds is 12. The van der Waals surface area contributed by atoms with Crippen molar-refractivity contribution in [3.8, 4) is 0 Å². The molecule has 1 aromatic carbocycles. The van der Waals surface area contributed by atoms with E-state index in [2.05, 4.69) is 10.6 Å². The number of hydrogen-bond donors (Lipinski definition) is 5. The molecular formula is C24H35N5O6. The van der Waals surface area contributed by atoms with Gasteiger partial charge in [-0.1, -0.05) is 44.2 Å². The van der Waals surface area contributed by atoms with Gasteiger partial charge in [-0.2, -0.15) is 0 Å². The van der Waals surface area contributed by atoms with Crippen LogP contribution in [0.2, 0.25) is 0 Å². The molecule has 1 fully saturated rings. The monoisotopic (exact) mass is 489 g/mol. The first-order valence-electron chi connectivity index (χ1n) is 11.7. The number of nitrogens with two attached hydrogens (primary N) is 2. The van der Waals surface area contributed by atoms with E-state index in [4.69, 9.17) is 11.5 Å². The van der Waals surface area contributed by atoms with Crippen LogP contribution in [0.1, 0.15) is 45.1 Å². The van der Waals surface area contributed by atoms with Gasteiger partial charge in [-0.05, 0) is 30.7 Å². The highest BCUT2D eigenvalue weighted by atomic mass is 16.4. The molecule has 192 valence electrons. The second-order valence-corrected chi connectivity index (χ2v) is 9.11. The highest BCUT2D eigenvalue weighted by Crippen LogP contribution is 2.20. The number of amides is 4. The number of aliphatic carboxylic acids is 1. The van der Waals surface area contributed by atoms with E-state index in [9.17, 15) is 29.1 Å². The van der Waals surface area contributed by atoms with Crippen molar-refractivity contribution in [2.45, 2.75) is 70.1 Å². The van der Waals surface area contributed by atoms with Crippen molar-refractivity contribution in [2.75, 3.05) is 6.54 Å². The molecule has 4 amide bonds. The van der Waals surface area contributed by atoms with Gasteiger partial charge in [-0.25, -0.2) is 4.79 Å². The fraction of sp³-hybridized carbons (Fsp3) is 0.542. The molecule has 11 nitrogen and oxygen atoms in total. The Morgan fingerprint density at radius 3 is 2.26 bits per heavy atom. The highest BCUT2D eigenvalue weighted by molar-refractivity contribution is 5.94. The molecule has 0 radical (unpaired) electrons. The lowest BCUT2D eigenvalue weighted by atomic mass is 10.0. The minimum atomic E-state index is -1.18. The van der Waals surface area contributed by atoms with Gasteiger partial charge >= 0.3 is 5.97 Å². The fourth-order valence-corrected chi connectivity index (χ4v) is 3.93. The number of benzene rings is 1. The largest absolute Gasteiger partial charge is 0.480 e. The van der Waals surface area contributed by atoms with Gasteiger partial charge in [0.15, 0.2) is 0 Å². The van der Waals surface area contributed by atoms with Crippen molar-refractivity contribution in [3.05, 3.63) is 35.9 Å². The van der Waals surface area contributed by atoms with Crippen molar-refractivity contribution in [3.63, 3.8) is 0 Å². The van der Waals surface area contributed by atoms with Crippen LogP contribution in [0, 0.1) is 5.92 Å². The van der Waals surface area contributed by atoms with Crippen LogP contribution in [0.4, 0.5) is 0 Å². The molecule has 1 heterocycles. The molecule has 1 aliphatic heterocycles. The minimum Gasteiger partial charge on any atom is -0.480 e. The van der Waals surface area contributed by atoms with Crippen LogP contribution >= 0.6 is 0 Å². The summed E-state index contributed by atoms with van der Waals surface area (Å²) in [6, 6.07) is 4.94. The van der Waals surface area contributed by atoms with E-state index in [1.165, 1.54) is 4.90 Å². The Morgan fingerprint density at radius 1 is 1.06 bits per heavy atom. The van der Waals surface area contributed by atoms with Gasteiger partial charge < -0.3 is 32.1 Å². The molecule has 0 spiro atoms. The number of nitrogens with one attached hydrogen (secondary N) is 2. The topological polar surface area (TPSA) is 185 Å². The maximum absolute atomic E-state index is 13.3. The first-order chi connectivity index (χ1) is 16.5. The smallest absolute Gasteiger partial charge is 0.326 e. The second kappa shape index (κ2) is 12.8. The van der Waals surface area contributed by atoms with E-state index in [1.54, 1.807) is 38.1 Å². The Morgan fingerprint density at radius 2 is 1.69 bits per heavy atom. The van der Waals surface area contributed by atoms with E-state index in [1.807, 2.05) is 6.07 Å². The molecule has 1 aromatic rings. The summed E-state index contributed by atoms with van der Waals surface area (Å²) < 4.78 is 0. The number of carbonyl (C=O) groups is 5. The first-order valence-corrected chi connectivity index (χ1v) is 11.7. The number of primary amides is 1. The number of carbonyl (C=O) groups excluding carboxylic acids is 4. The standard InChI is InChI=1S/C24H35N5O6/c1-14(2)20(26)22(32)28-17(13-15-7-4-3-5-8-15)21(31)27-16(10-11-19(25)30)23(33)29-12-6-9-18(29)24(34)35/h3-5,7-8,14,16-18,20H,6,9-13,26H2,1-2H3,(H2,25,30)(H,27,31)(H,28,32)(H,34,35). The van der Waals surface area contributed by atoms with Crippen molar-refractivity contribution < 1.29 is 29.1 Å². The summed E-state index contributed by atoms with van der Waals surface area (Å²) in [5.74, 6) is -3.72. The number of hydrogen-bond acceptors (Lipinski definition) is 6. The number of nitrogens with zero attached hydrogens (tertiary/aromatic N) is 1. The minimum absolute atomic E-state index is 0.0970. The van der Waals surface area contributed by atoms with Gasteiger partial charge in [0.05, 0.1) is 6.04 Å². The van der Waals surface area contributed by atoms with Crippen LogP contribution in [0.3, 0.4) is 0 Å². The quantitative estimate of drug-likeness (QED) is 0.262. The summed E-state index contributed by atoms with van der Waals surface area (Å²) in [6.45, 7) is 3.79. The van der Waals surface area contributed by atoms with Gasteiger partial charge in [0.2, 0.25) is 23.6 Å². The molecule has 4 atom stereocenters. The SMILES string of the molecule is CC(C)C(N)C(=O)NC(Cc1ccccc1)C(=O)NC(CCC(N)=O)C(=O)N1CCCC1C(=O)O. The Kier molecular flexibility index (Phi) is 10.2. The summed E-state index contributed by atoms with van der Waals surface area (Å²) in [5, 5.41) is 14.7. The Balaban J connectivity index is 2.25. The molecule has 0 aromatic heterocycles. The van der Waals surface area contributed by atoms with Gasteiger partial charge in [0.1, 0.15) is 18.1 Å². The first kappa shape index (κ1) is 27.8. The van der Waals surface area contributed by atoms with Gasteiger partial charge in [-0.3, -0.25) is 19.2 Å². The van der Waals surface area contributed by atoms with Gasteiger partial charge in [0, 0.05) is 19.4 Å². The van der Waals surface area contributed by atoms with Crippen LogP contribution in [0.15, 0.2) is 30.3 Å². The summed E-state index contributed by atoms with van der Waals surface area (Å²) in [5.41, 5.74) is 12.0. The molecule has 0 aliphatic carbocycles. The lowest BCUT2D eigenvalue weighted by Gasteiger charge is -2.29. The van der Waals surface area contributed by atoms with E-state index < -0.39 is 53.8 Å². The molecule has 7 N–H and O–H groups in total. The number of likely N-dealkylation sites (tertiary alicyclic amines) is 1. The molecule has 0 saturated carbocycles. The van der Waals surface area contributed by atoms with Crippen LogP contribution in [0.25, 0.3) is 0 Å². The highest BCUT2D eigenvalue weighted by Gasteiger charge is 2.38. The van der Waals surface area contributed by atoms with Crippen molar-refractivity contribution in [1.29, 1.82) is 0 Å². The average molecular weight is 490 g/mol. The number of carboxylic acids is 1. The molecule has 4 unspecified atom stereocenters. The van der Waals surface area contributed by atoms with Crippen LogP contribution in [-0.2, 0) is 30.4 Å². The lowest BCUT2D eigenvalue weighted by molar-refractivity contribution is -0.149. The van der Waals surface area contributed by atoms with E-state index >= 15 is 0 Å². The zero-order valence-electron chi connectivity index (χ0n) is 20.1.